The number of carbonyl (C=O) groups is 3. The number of nitrogens with zero attached hydrogens (tertiary/aromatic N) is 4. The van der Waals surface area contributed by atoms with Crippen LogP contribution in [0.4, 0.5) is 15.3 Å². The molecular formula is C32H35FN4O4S. The van der Waals surface area contributed by atoms with Crippen molar-refractivity contribution in [2.45, 2.75) is 76.7 Å². The average molecular weight is 591 g/mol. The Balaban J connectivity index is 1.29. The third kappa shape index (κ3) is 6.09. The summed E-state index contributed by atoms with van der Waals surface area (Å²) in [5, 5.41) is 9.37. The zero-order valence-corrected chi connectivity index (χ0v) is 24.3. The number of carbonyl (C=O) groups excluding carboxylic acids is 2. The summed E-state index contributed by atoms with van der Waals surface area (Å²) in [6.07, 6.45) is 10.2. The predicted octanol–water partition coefficient (Wildman–Crippen LogP) is 6.69. The lowest BCUT2D eigenvalue weighted by molar-refractivity contribution is -0.141. The van der Waals surface area contributed by atoms with Crippen LogP contribution in [0.3, 0.4) is 0 Å². The summed E-state index contributed by atoms with van der Waals surface area (Å²) in [5.41, 5.74) is 2.25. The number of carboxylic acid groups (broad SMARTS) is 1. The van der Waals surface area contributed by atoms with Gasteiger partial charge in [0.15, 0.2) is 5.13 Å². The molecule has 1 atom stereocenters. The summed E-state index contributed by atoms with van der Waals surface area (Å²) in [5.74, 6) is -0.871. The van der Waals surface area contributed by atoms with Crippen molar-refractivity contribution in [1.29, 1.82) is 0 Å². The Morgan fingerprint density at radius 2 is 1.81 bits per heavy atom. The molecule has 1 aromatic carbocycles. The molecule has 2 saturated carbocycles. The van der Waals surface area contributed by atoms with Crippen molar-refractivity contribution in [3.05, 3.63) is 47.7 Å². The van der Waals surface area contributed by atoms with Gasteiger partial charge in [-0.3, -0.25) is 24.2 Å². The Morgan fingerprint density at radius 1 is 1.05 bits per heavy atom. The highest BCUT2D eigenvalue weighted by molar-refractivity contribution is 7.14. The van der Waals surface area contributed by atoms with Crippen molar-refractivity contribution in [2.75, 3.05) is 16.3 Å². The zero-order valence-electron chi connectivity index (χ0n) is 23.5. The Hall–Kier alpha value is -3.66. The van der Waals surface area contributed by atoms with Gasteiger partial charge in [0.05, 0.1) is 6.42 Å². The number of halogens is 1. The minimum Gasteiger partial charge on any atom is -0.481 e. The van der Waals surface area contributed by atoms with E-state index in [0.717, 1.165) is 73.8 Å². The molecule has 0 radical (unpaired) electrons. The standard InChI is InChI=1S/C32H35FN4O4S/c33-30-29(25-10-4-3-9-24(25)21-12-15-26(34-19-21)36-16-6-5-11-27(36)38)35-32(42-30)37(23-13-14-23)31(41)22(18-28(39)40)17-20-7-1-2-8-20/h3-4,9-10,12,15,19-20,22-23H,1-2,5-8,11,13-14,16-18H2,(H,39,40)/t22-/m1/s1. The van der Waals surface area contributed by atoms with Gasteiger partial charge in [0.1, 0.15) is 11.5 Å². The molecule has 10 heteroatoms. The first-order valence-corrected chi connectivity index (χ1v) is 15.8. The maximum Gasteiger partial charge on any atom is 0.304 e. The van der Waals surface area contributed by atoms with Gasteiger partial charge in [-0.25, -0.2) is 9.97 Å². The van der Waals surface area contributed by atoms with Crippen LogP contribution in [-0.2, 0) is 14.4 Å². The van der Waals surface area contributed by atoms with Crippen LogP contribution in [0.5, 0.6) is 0 Å². The lowest BCUT2D eigenvalue weighted by atomic mass is 9.90. The van der Waals surface area contributed by atoms with Crippen molar-refractivity contribution >= 4 is 40.1 Å². The molecule has 1 saturated heterocycles. The number of carboxylic acids is 1. The van der Waals surface area contributed by atoms with E-state index in [2.05, 4.69) is 9.97 Å². The van der Waals surface area contributed by atoms with E-state index >= 15 is 4.39 Å². The summed E-state index contributed by atoms with van der Waals surface area (Å²) in [7, 11) is 0. The van der Waals surface area contributed by atoms with Crippen LogP contribution in [0.25, 0.3) is 22.4 Å². The topological polar surface area (TPSA) is 104 Å². The molecule has 0 bridgehead atoms. The van der Waals surface area contributed by atoms with Crippen molar-refractivity contribution in [2.24, 2.45) is 11.8 Å². The van der Waals surface area contributed by atoms with Crippen LogP contribution in [0.2, 0.25) is 0 Å². The fourth-order valence-corrected chi connectivity index (χ4v) is 7.23. The number of thiazole rings is 1. The molecule has 6 rings (SSSR count). The van der Waals surface area contributed by atoms with E-state index in [1.54, 1.807) is 22.1 Å². The van der Waals surface area contributed by atoms with E-state index in [4.69, 9.17) is 0 Å². The first-order valence-electron chi connectivity index (χ1n) is 15.0. The van der Waals surface area contributed by atoms with Crippen molar-refractivity contribution in [3.63, 3.8) is 0 Å². The van der Waals surface area contributed by atoms with Gasteiger partial charge in [0.2, 0.25) is 16.9 Å². The normalized spacial score (nSPS) is 18.3. The SMILES string of the molecule is O=C(O)C[C@@H](CC1CCCC1)C(=O)N(c1nc(-c2ccccc2-c2ccc(N3CCCCC3=O)nc2)c(F)s1)C1CC1. The molecule has 1 aliphatic heterocycles. The fraction of sp³-hybridized carbons (Fsp3) is 0.469. The summed E-state index contributed by atoms with van der Waals surface area (Å²) in [6, 6.07) is 11.0. The number of aliphatic carboxylic acids is 1. The van der Waals surface area contributed by atoms with Gasteiger partial charge in [-0.1, -0.05) is 61.3 Å². The smallest absolute Gasteiger partial charge is 0.304 e. The Kier molecular flexibility index (Phi) is 8.33. The summed E-state index contributed by atoms with van der Waals surface area (Å²) in [4.78, 5) is 50.4. The van der Waals surface area contributed by atoms with Gasteiger partial charge in [-0.2, -0.15) is 4.39 Å². The number of hydrogen-bond donors (Lipinski definition) is 1. The first-order chi connectivity index (χ1) is 20.4. The zero-order chi connectivity index (χ0) is 29.2. The highest BCUT2D eigenvalue weighted by Gasteiger charge is 2.40. The number of amides is 2. The van der Waals surface area contributed by atoms with Gasteiger partial charge >= 0.3 is 5.97 Å². The van der Waals surface area contributed by atoms with Crippen molar-refractivity contribution in [3.8, 4) is 22.4 Å². The molecule has 42 heavy (non-hydrogen) atoms. The number of anilines is 2. The molecule has 3 aromatic rings. The molecule has 2 aliphatic carbocycles. The molecule has 2 amide bonds. The highest BCUT2D eigenvalue weighted by Crippen LogP contribution is 2.42. The Labute approximate surface area is 248 Å². The van der Waals surface area contributed by atoms with Crippen LogP contribution < -0.4 is 9.80 Å². The Bertz CT molecular complexity index is 1470. The monoisotopic (exact) mass is 590 g/mol. The van der Waals surface area contributed by atoms with E-state index in [9.17, 15) is 19.5 Å². The molecule has 0 spiro atoms. The van der Waals surface area contributed by atoms with E-state index < -0.39 is 17.0 Å². The second kappa shape index (κ2) is 12.3. The van der Waals surface area contributed by atoms with Gasteiger partial charge < -0.3 is 5.11 Å². The molecule has 2 aromatic heterocycles. The predicted molar refractivity (Wildman–Crippen MR) is 160 cm³/mol. The number of aromatic nitrogens is 2. The van der Waals surface area contributed by atoms with E-state index in [0.29, 0.717) is 36.7 Å². The van der Waals surface area contributed by atoms with Crippen LogP contribution in [0.1, 0.15) is 70.6 Å². The number of benzene rings is 1. The second-order valence-corrected chi connectivity index (χ2v) is 12.6. The average Bonchev–Trinajstić information content (AvgIpc) is 3.54. The van der Waals surface area contributed by atoms with Gasteiger partial charge in [0.25, 0.3) is 0 Å². The maximum atomic E-state index is 15.7. The largest absolute Gasteiger partial charge is 0.481 e. The fourth-order valence-electron chi connectivity index (χ4n) is 6.35. The van der Waals surface area contributed by atoms with Crippen LogP contribution in [-0.4, -0.2) is 45.4 Å². The molecule has 3 aliphatic rings. The first kappa shape index (κ1) is 28.5. The molecule has 220 valence electrons. The third-order valence-electron chi connectivity index (χ3n) is 8.63. The molecule has 8 nitrogen and oxygen atoms in total. The van der Waals surface area contributed by atoms with Crippen LogP contribution >= 0.6 is 11.3 Å². The minimum atomic E-state index is -0.994. The lowest BCUT2D eigenvalue weighted by Crippen LogP contribution is -2.39. The van der Waals surface area contributed by atoms with Crippen molar-refractivity contribution < 1.29 is 23.9 Å². The summed E-state index contributed by atoms with van der Waals surface area (Å²) < 4.78 is 15.7. The minimum absolute atomic E-state index is 0.0718. The maximum absolute atomic E-state index is 15.7. The molecule has 1 N–H and O–H groups in total. The van der Waals surface area contributed by atoms with Gasteiger partial charge in [-0.05, 0) is 55.7 Å². The summed E-state index contributed by atoms with van der Waals surface area (Å²) >= 11 is 0.838. The van der Waals surface area contributed by atoms with Crippen LogP contribution in [0.15, 0.2) is 42.6 Å². The number of hydrogen-bond acceptors (Lipinski definition) is 6. The lowest BCUT2D eigenvalue weighted by Gasteiger charge is -2.26. The van der Waals surface area contributed by atoms with E-state index in [-0.39, 0.29) is 35.1 Å². The number of pyridine rings is 1. The molecule has 3 fully saturated rings. The number of piperidine rings is 1. The third-order valence-corrected chi connectivity index (χ3v) is 9.48. The van der Waals surface area contributed by atoms with E-state index in [1.165, 1.54) is 0 Å². The molecule has 3 heterocycles. The summed E-state index contributed by atoms with van der Waals surface area (Å²) in [6.45, 7) is 0.652. The highest BCUT2D eigenvalue weighted by atomic mass is 32.1. The molecule has 0 unspecified atom stereocenters. The molecular weight excluding hydrogens is 555 g/mol. The van der Waals surface area contributed by atoms with Gasteiger partial charge in [-0.15, -0.1) is 0 Å². The van der Waals surface area contributed by atoms with Crippen LogP contribution in [0, 0.1) is 17.0 Å². The van der Waals surface area contributed by atoms with E-state index in [1.807, 2.05) is 30.3 Å². The second-order valence-electron chi connectivity index (χ2n) is 11.7. The Morgan fingerprint density at radius 3 is 2.48 bits per heavy atom. The number of rotatable bonds is 10. The quantitative estimate of drug-likeness (QED) is 0.282. The van der Waals surface area contributed by atoms with Gasteiger partial charge in [0, 0.05) is 42.2 Å². The van der Waals surface area contributed by atoms with Crippen molar-refractivity contribution in [1.82, 2.24) is 9.97 Å².